The number of benzene rings is 1. The molecular formula is C14H15FN4O2. The summed E-state index contributed by atoms with van der Waals surface area (Å²) in [5.41, 5.74) is 0.110. The average molecular weight is 290 g/mol. The van der Waals surface area contributed by atoms with Crippen LogP contribution >= 0.6 is 0 Å². The molecule has 1 saturated heterocycles. The van der Waals surface area contributed by atoms with Gasteiger partial charge in [0.25, 0.3) is 0 Å². The van der Waals surface area contributed by atoms with Crippen LogP contribution in [0.25, 0.3) is 0 Å². The zero-order valence-electron chi connectivity index (χ0n) is 11.4. The monoisotopic (exact) mass is 290 g/mol. The fourth-order valence-corrected chi connectivity index (χ4v) is 2.09. The van der Waals surface area contributed by atoms with E-state index < -0.39 is 17.6 Å². The fourth-order valence-electron chi connectivity index (χ4n) is 2.09. The quantitative estimate of drug-likeness (QED) is 0.736. The molecule has 1 aromatic carbocycles. The Hall–Kier alpha value is -2.46. The predicted octanol–water partition coefficient (Wildman–Crippen LogP) is 0.458. The lowest BCUT2D eigenvalue weighted by molar-refractivity contribution is -0.143. The molecule has 0 radical (unpaired) electrons. The van der Waals surface area contributed by atoms with E-state index in [2.05, 4.69) is 10.6 Å². The minimum Gasteiger partial charge on any atom is -0.333 e. The highest BCUT2D eigenvalue weighted by Crippen LogP contribution is 2.16. The van der Waals surface area contributed by atoms with Gasteiger partial charge in [0.1, 0.15) is 11.9 Å². The maximum Gasteiger partial charge on any atom is 0.313 e. The number of nitrogens with one attached hydrogen (secondary N) is 2. The molecule has 0 unspecified atom stereocenters. The van der Waals surface area contributed by atoms with Gasteiger partial charge < -0.3 is 15.5 Å². The molecule has 1 aliphatic rings. The van der Waals surface area contributed by atoms with Gasteiger partial charge in [-0.05, 0) is 31.2 Å². The lowest BCUT2D eigenvalue weighted by Crippen LogP contribution is -2.41. The van der Waals surface area contributed by atoms with Gasteiger partial charge in [0.05, 0.1) is 11.3 Å². The Bertz CT molecular complexity index is 589. The molecule has 21 heavy (non-hydrogen) atoms. The first kappa shape index (κ1) is 14.9. The van der Waals surface area contributed by atoms with E-state index in [0.717, 1.165) is 25.1 Å². The molecule has 6 nitrogen and oxygen atoms in total. The Labute approximate surface area is 121 Å². The molecule has 2 amide bonds. The summed E-state index contributed by atoms with van der Waals surface area (Å²) in [4.78, 5) is 25.5. The number of carbonyl (C=O) groups excluding carboxylic acids is 2. The van der Waals surface area contributed by atoms with Gasteiger partial charge in [-0.2, -0.15) is 5.26 Å². The number of carbonyl (C=O) groups is 2. The Kier molecular flexibility index (Phi) is 4.85. The third-order valence-electron chi connectivity index (χ3n) is 3.17. The molecule has 0 atom stereocenters. The predicted molar refractivity (Wildman–Crippen MR) is 73.8 cm³/mol. The van der Waals surface area contributed by atoms with Gasteiger partial charge in [0.2, 0.25) is 0 Å². The summed E-state index contributed by atoms with van der Waals surface area (Å²) in [6.45, 7) is 2.41. The fraction of sp³-hybridized carbons (Fsp3) is 0.357. The van der Waals surface area contributed by atoms with E-state index in [-0.39, 0.29) is 11.3 Å². The second kappa shape index (κ2) is 6.81. The second-order valence-corrected chi connectivity index (χ2v) is 4.65. The van der Waals surface area contributed by atoms with E-state index in [1.807, 2.05) is 0 Å². The van der Waals surface area contributed by atoms with Crippen molar-refractivity contribution in [2.24, 2.45) is 0 Å². The summed E-state index contributed by atoms with van der Waals surface area (Å²) >= 11 is 0. The van der Waals surface area contributed by atoms with Crippen LogP contribution in [0.15, 0.2) is 18.2 Å². The number of hydrogen-bond donors (Lipinski definition) is 2. The van der Waals surface area contributed by atoms with Crippen LogP contribution in [-0.4, -0.2) is 42.9 Å². The van der Waals surface area contributed by atoms with E-state index >= 15 is 0 Å². The Morgan fingerprint density at radius 1 is 1.33 bits per heavy atom. The van der Waals surface area contributed by atoms with Gasteiger partial charge in [0.15, 0.2) is 0 Å². The summed E-state index contributed by atoms with van der Waals surface area (Å²) < 4.78 is 13.0. The van der Waals surface area contributed by atoms with Crippen molar-refractivity contribution in [2.75, 3.05) is 31.5 Å². The molecule has 1 aliphatic heterocycles. The molecule has 0 saturated carbocycles. The van der Waals surface area contributed by atoms with Crippen LogP contribution in [0.4, 0.5) is 10.1 Å². The minimum absolute atomic E-state index is 0.0197. The molecule has 0 bridgehead atoms. The van der Waals surface area contributed by atoms with Gasteiger partial charge in [-0.25, -0.2) is 4.39 Å². The minimum atomic E-state index is -0.819. The van der Waals surface area contributed by atoms with Crippen molar-refractivity contribution in [3.8, 4) is 6.07 Å². The number of anilines is 1. The van der Waals surface area contributed by atoms with Crippen LogP contribution in [0.2, 0.25) is 0 Å². The summed E-state index contributed by atoms with van der Waals surface area (Å²) in [5, 5.41) is 14.4. The third kappa shape index (κ3) is 3.77. The molecular weight excluding hydrogens is 275 g/mol. The first-order chi connectivity index (χ1) is 10.1. The first-order valence-electron chi connectivity index (χ1n) is 6.62. The Balaban J connectivity index is 2.07. The van der Waals surface area contributed by atoms with Crippen molar-refractivity contribution in [1.29, 1.82) is 5.26 Å². The molecule has 0 aliphatic carbocycles. The largest absolute Gasteiger partial charge is 0.333 e. The zero-order chi connectivity index (χ0) is 15.2. The Morgan fingerprint density at radius 2 is 2.14 bits per heavy atom. The molecule has 2 N–H and O–H groups in total. The van der Waals surface area contributed by atoms with Crippen molar-refractivity contribution in [2.45, 2.75) is 6.42 Å². The van der Waals surface area contributed by atoms with E-state index in [1.165, 1.54) is 11.0 Å². The van der Waals surface area contributed by atoms with Crippen LogP contribution in [0.1, 0.15) is 12.0 Å². The maximum absolute atomic E-state index is 13.0. The number of nitrogens with zero attached hydrogens (tertiary/aromatic N) is 2. The molecule has 0 spiro atoms. The molecule has 7 heteroatoms. The molecule has 0 aromatic heterocycles. The zero-order valence-corrected chi connectivity index (χ0v) is 11.4. The van der Waals surface area contributed by atoms with E-state index in [4.69, 9.17) is 5.26 Å². The molecule has 1 heterocycles. The lowest BCUT2D eigenvalue weighted by atomic mass is 10.2. The standard InChI is InChI=1S/C14H15FN4O2/c15-11-2-3-12(10(8-11)9-16)18-13(20)14(21)19-6-1-4-17-5-7-19/h2-3,8,17H,1,4-7H2,(H,18,20). The van der Waals surface area contributed by atoms with Crippen LogP contribution in [0.3, 0.4) is 0 Å². The number of amides is 2. The van der Waals surface area contributed by atoms with Crippen LogP contribution in [0.5, 0.6) is 0 Å². The van der Waals surface area contributed by atoms with Crippen molar-refractivity contribution >= 4 is 17.5 Å². The van der Waals surface area contributed by atoms with Gasteiger partial charge >= 0.3 is 11.8 Å². The van der Waals surface area contributed by atoms with Crippen molar-refractivity contribution in [3.05, 3.63) is 29.6 Å². The van der Waals surface area contributed by atoms with E-state index in [1.54, 1.807) is 6.07 Å². The van der Waals surface area contributed by atoms with Gasteiger partial charge in [0, 0.05) is 19.6 Å². The summed E-state index contributed by atoms with van der Waals surface area (Å²) in [6, 6.07) is 5.18. The Morgan fingerprint density at radius 3 is 2.90 bits per heavy atom. The molecule has 2 rings (SSSR count). The topological polar surface area (TPSA) is 85.2 Å². The van der Waals surface area contributed by atoms with E-state index in [0.29, 0.717) is 19.6 Å². The van der Waals surface area contributed by atoms with Crippen LogP contribution in [-0.2, 0) is 9.59 Å². The highest BCUT2D eigenvalue weighted by Gasteiger charge is 2.23. The average Bonchev–Trinajstić information content (AvgIpc) is 2.77. The number of nitriles is 1. The van der Waals surface area contributed by atoms with E-state index in [9.17, 15) is 14.0 Å². The summed E-state index contributed by atoms with van der Waals surface area (Å²) in [7, 11) is 0. The highest BCUT2D eigenvalue weighted by atomic mass is 19.1. The van der Waals surface area contributed by atoms with Crippen LogP contribution < -0.4 is 10.6 Å². The maximum atomic E-state index is 13.0. The number of rotatable bonds is 1. The summed E-state index contributed by atoms with van der Waals surface area (Å²) in [6.07, 6.45) is 0.777. The normalized spacial score (nSPS) is 15.0. The summed E-state index contributed by atoms with van der Waals surface area (Å²) in [5.74, 6) is -2.04. The van der Waals surface area contributed by atoms with Crippen molar-refractivity contribution < 1.29 is 14.0 Å². The number of hydrogen-bond acceptors (Lipinski definition) is 4. The van der Waals surface area contributed by atoms with Gasteiger partial charge in [-0.1, -0.05) is 0 Å². The van der Waals surface area contributed by atoms with Crippen LogP contribution in [0, 0.1) is 17.1 Å². The SMILES string of the molecule is N#Cc1cc(F)ccc1NC(=O)C(=O)N1CCCNCC1. The highest BCUT2D eigenvalue weighted by molar-refractivity contribution is 6.39. The third-order valence-corrected chi connectivity index (χ3v) is 3.17. The smallest absolute Gasteiger partial charge is 0.313 e. The molecule has 110 valence electrons. The van der Waals surface area contributed by atoms with Crippen molar-refractivity contribution in [1.82, 2.24) is 10.2 Å². The lowest BCUT2D eigenvalue weighted by Gasteiger charge is -2.19. The number of halogens is 1. The van der Waals surface area contributed by atoms with Gasteiger partial charge in [-0.3, -0.25) is 9.59 Å². The second-order valence-electron chi connectivity index (χ2n) is 4.65. The molecule has 1 fully saturated rings. The molecule has 1 aromatic rings. The van der Waals surface area contributed by atoms with Crippen molar-refractivity contribution in [3.63, 3.8) is 0 Å². The first-order valence-corrected chi connectivity index (χ1v) is 6.62. The van der Waals surface area contributed by atoms with Gasteiger partial charge in [-0.15, -0.1) is 0 Å².